The van der Waals surface area contributed by atoms with E-state index < -0.39 is 15.4 Å². The molecule has 0 atom stereocenters. The Labute approximate surface area is 112 Å². The van der Waals surface area contributed by atoms with Crippen LogP contribution in [-0.2, 0) is 9.84 Å². The molecule has 1 aliphatic heterocycles. The summed E-state index contributed by atoms with van der Waals surface area (Å²) in [5.41, 5.74) is -0.453. The summed E-state index contributed by atoms with van der Waals surface area (Å²) in [6, 6.07) is 5.97. The third kappa shape index (κ3) is 2.79. The maximum absolute atomic E-state index is 12.1. The fourth-order valence-electron chi connectivity index (χ4n) is 2.07. The molecule has 0 bridgehead atoms. The highest BCUT2D eigenvalue weighted by Crippen LogP contribution is 2.26. The number of carbonyl (C=O) groups is 1. The fraction of sp³-hybridized carbons (Fsp3) is 0.462. The van der Waals surface area contributed by atoms with Crippen LogP contribution in [0.15, 0.2) is 29.2 Å². The predicted octanol–water partition coefficient (Wildman–Crippen LogP) is 0.687. The van der Waals surface area contributed by atoms with Crippen molar-refractivity contribution in [3.63, 3.8) is 0 Å². The minimum absolute atomic E-state index is 0.129. The molecule has 2 rings (SSSR count). The van der Waals surface area contributed by atoms with Gasteiger partial charge >= 0.3 is 0 Å². The van der Waals surface area contributed by atoms with Crippen molar-refractivity contribution in [2.75, 3.05) is 19.3 Å². The van der Waals surface area contributed by atoms with Gasteiger partial charge in [-0.2, -0.15) is 0 Å². The van der Waals surface area contributed by atoms with E-state index in [9.17, 15) is 18.3 Å². The lowest BCUT2D eigenvalue weighted by atomic mass is 9.90. The molecule has 1 heterocycles. The normalized spacial score (nSPS) is 17.9. The summed E-state index contributed by atoms with van der Waals surface area (Å²) in [6.45, 7) is 2.46. The largest absolute Gasteiger partial charge is 0.386 e. The third-order valence-corrected chi connectivity index (χ3v) is 4.54. The Morgan fingerprint density at radius 3 is 2.58 bits per heavy atom. The average molecular weight is 283 g/mol. The van der Waals surface area contributed by atoms with Crippen LogP contribution in [0.4, 0.5) is 0 Å². The molecule has 0 unspecified atom stereocenters. The fourth-order valence-corrected chi connectivity index (χ4v) is 2.74. The number of amides is 1. The van der Waals surface area contributed by atoms with E-state index in [1.54, 1.807) is 12.1 Å². The zero-order valence-corrected chi connectivity index (χ0v) is 11.8. The second-order valence-corrected chi connectivity index (χ2v) is 7.05. The number of β-amino-alcohol motifs (C(OH)–C–C–N with tert-alkyl or cyclic N) is 1. The molecule has 19 heavy (non-hydrogen) atoms. The van der Waals surface area contributed by atoms with Crippen LogP contribution >= 0.6 is 0 Å². The minimum atomic E-state index is -3.32. The Hall–Kier alpha value is -1.40. The topological polar surface area (TPSA) is 74.7 Å². The highest BCUT2D eigenvalue weighted by Gasteiger charge is 2.42. The third-order valence-electron chi connectivity index (χ3n) is 3.42. The molecule has 0 aromatic heterocycles. The summed E-state index contributed by atoms with van der Waals surface area (Å²) in [7, 11) is -3.32. The molecule has 1 amide bonds. The molecule has 6 heteroatoms. The molecule has 0 aliphatic carbocycles. The van der Waals surface area contributed by atoms with Gasteiger partial charge in [0.05, 0.1) is 23.6 Å². The monoisotopic (exact) mass is 283 g/mol. The van der Waals surface area contributed by atoms with E-state index in [1.165, 1.54) is 17.0 Å². The van der Waals surface area contributed by atoms with E-state index in [0.29, 0.717) is 25.1 Å². The number of sulfone groups is 1. The molecule has 1 aromatic rings. The second kappa shape index (κ2) is 4.61. The first kappa shape index (κ1) is 14.0. The van der Waals surface area contributed by atoms with Crippen molar-refractivity contribution >= 4 is 15.7 Å². The predicted molar refractivity (Wildman–Crippen MR) is 70.7 cm³/mol. The number of hydrogen-bond acceptors (Lipinski definition) is 4. The van der Waals surface area contributed by atoms with Crippen LogP contribution in [-0.4, -0.2) is 49.3 Å². The number of hydrogen-bond donors (Lipinski definition) is 1. The number of rotatable bonds is 3. The molecule has 1 N–H and O–H groups in total. The van der Waals surface area contributed by atoms with Crippen LogP contribution in [0.3, 0.4) is 0 Å². The molecule has 5 nitrogen and oxygen atoms in total. The first-order valence-corrected chi connectivity index (χ1v) is 7.96. The van der Waals surface area contributed by atoms with E-state index in [2.05, 4.69) is 0 Å². The maximum atomic E-state index is 12.1. The summed E-state index contributed by atoms with van der Waals surface area (Å²) in [4.78, 5) is 13.8. The number of benzene rings is 1. The number of carbonyl (C=O) groups excluding carboxylic acids is 1. The van der Waals surface area contributed by atoms with Gasteiger partial charge < -0.3 is 10.0 Å². The van der Waals surface area contributed by atoms with Crippen LogP contribution in [0.5, 0.6) is 0 Å². The quantitative estimate of drug-likeness (QED) is 0.885. The van der Waals surface area contributed by atoms with Crippen molar-refractivity contribution in [1.29, 1.82) is 0 Å². The Bertz CT molecular complexity index is 603. The highest BCUT2D eigenvalue weighted by molar-refractivity contribution is 7.90. The molecule has 1 saturated heterocycles. The van der Waals surface area contributed by atoms with Gasteiger partial charge in [0.1, 0.15) is 0 Å². The Kier molecular flexibility index (Phi) is 3.40. The summed E-state index contributed by atoms with van der Waals surface area (Å²) >= 11 is 0. The van der Waals surface area contributed by atoms with Crippen LogP contribution in [0, 0.1) is 0 Å². The zero-order chi connectivity index (χ0) is 14.3. The van der Waals surface area contributed by atoms with E-state index >= 15 is 0 Å². The lowest BCUT2D eigenvalue weighted by Crippen LogP contribution is -2.63. The van der Waals surface area contributed by atoms with Gasteiger partial charge in [0, 0.05) is 11.8 Å². The lowest BCUT2D eigenvalue weighted by Gasteiger charge is -2.46. The van der Waals surface area contributed by atoms with Gasteiger partial charge in [-0.1, -0.05) is 13.0 Å². The van der Waals surface area contributed by atoms with Gasteiger partial charge in [-0.25, -0.2) is 8.42 Å². The first-order valence-electron chi connectivity index (χ1n) is 6.07. The zero-order valence-electron chi connectivity index (χ0n) is 11.0. The van der Waals surface area contributed by atoms with Crippen molar-refractivity contribution in [2.45, 2.75) is 23.8 Å². The average Bonchev–Trinajstić information content (AvgIpc) is 2.33. The van der Waals surface area contributed by atoms with E-state index in [0.717, 1.165) is 6.26 Å². The number of aliphatic hydroxyl groups is 1. The molecule has 1 aliphatic rings. The molecule has 0 radical (unpaired) electrons. The van der Waals surface area contributed by atoms with Crippen molar-refractivity contribution in [3.8, 4) is 0 Å². The molecule has 1 fully saturated rings. The van der Waals surface area contributed by atoms with Crippen molar-refractivity contribution in [3.05, 3.63) is 29.8 Å². The first-order chi connectivity index (χ1) is 8.75. The van der Waals surface area contributed by atoms with Crippen LogP contribution in [0.25, 0.3) is 0 Å². The Morgan fingerprint density at radius 1 is 1.42 bits per heavy atom. The molecular weight excluding hydrogens is 266 g/mol. The van der Waals surface area contributed by atoms with Crippen LogP contribution in [0.1, 0.15) is 23.7 Å². The van der Waals surface area contributed by atoms with Crippen LogP contribution in [0.2, 0.25) is 0 Å². The van der Waals surface area contributed by atoms with Gasteiger partial charge in [-0.15, -0.1) is 0 Å². The SMILES string of the molecule is CCC1(O)CN(C(=O)c2cccc(S(C)(=O)=O)c2)C1. The van der Waals surface area contributed by atoms with Gasteiger partial charge in [0.2, 0.25) is 0 Å². The molecule has 104 valence electrons. The van der Waals surface area contributed by atoms with Gasteiger partial charge in [-0.3, -0.25) is 4.79 Å². The summed E-state index contributed by atoms with van der Waals surface area (Å²) in [5, 5.41) is 9.88. The van der Waals surface area contributed by atoms with E-state index in [-0.39, 0.29) is 10.8 Å². The maximum Gasteiger partial charge on any atom is 0.254 e. The summed E-state index contributed by atoms with van der Waals surface area (Å²) in [5.74, 6) is -0.247. The number of nitrogens with zero attached hydrogens (tertiary/aromatic N) is 1. The van der Waals surface area contributed by atoms with Gasteiger partial charge in [0.25, 0.3) is 5.91 Å². The second-order valence-electron chi connectivity index (χ2n) is 5.04. The molecular formula is C13H17NO4S. The minimum Gasteiger partial charge on any atom is -0.386 e. The Balaban J connectivity index is 2.18. The summed E-state index contributed by atoms with van der Waals surface area (Å²) in [6.07, 6.45) is 1.70. The lowest BCUT2D eigenvalue weighted by molar-refractivity contribution is -0.0826. The molecule has 0 spiro atoms. The highest BCUT2D eigenvalue weighted by atomic mass is 32.2. The molecule has 1 aromatic carbocycles. The van der Waals surface area contributed by atoms with Gasteiger partial charge in [-0.05, 0) is 24.6 Å². The smallest absolute Gasteiger partial charge is 0.254 e. The van der Waals surface area contributed by atoms with Crippen molar-refractivity contribution < 1.29 is 18.3 Å². The van der Waals surface area contributed by atoms with Crippen LogP contribution < -0.4 is 0 Å². The standard InChI is InChI=1S/C13H17NO4S/c1-3-13(16)8-14(9-13)12(15)10-5-4-6-11(7-10)19(2,17)18/h4-7,16H,3,8-9H2,1-2H3. The van der Waals surface area contributed by atoms with Crippen molar-refractivity contribution in [1.82, 2.24) is 4.90 Å². The number of likely N-dealkylation sites (tertiary alicyclic amines) is 1. The van der Waals surface area contributed by atoms with Crippen molar-refractivity contribution in [2.24, 2.45) is 0 Å². The van der Waals surface area contributed by atoms with E-state index in [1.807, 2.05) is 6.92 Å². The van der Waals surface area contributed by atoms with Gasteiger partial charge in [0.15, 0.2) is 9.84 Å². The van der Waals surface area contributed by atoms with E-state index in [4.69, 9.17) is 0 Å². The Morgan fingerprint density at radius 2 is 2.05 bits per heavy atom. The molecule has 0 saturated carbocycles. The summed E-state index contributed by atoms with van der Waals surface area (Å²) < 4.78 is 22.9.